The molecule has 0 atom stereocenters. The Morgan fingerprint density at radius 1 is 1.19 bits per heavy atom. The van der Waals surface area contributed by atoms with Crippen LogP contribution in [-0.4, -0.2) is 35.5 Å². The summed E-state index contributed by atoms with van der Waals surface area (Å²) in [5.74, 6) is 2.18. The minimum absolute atomic E-state index is 0.0546. The Morgan fingerprint density at radius 3 is 2.75 bits per heavy atom. The van der Waals surface area contributed by atoms with E-state index in [1.807, 2.05) is 67.8 Å². The van der Waals surface area contributed by atoms with E-state index in [0.717, 1.165) is 39.1 Å². The first-order chi connectivity index (χ1) is 15.6. The molecule has 1 aliphatic rings. The van der Waals surface area contributed by atoms with Crippen LogP contribution in [0.5, 0.6) is 17.2 Å². The summed E-state index contributed by atoms with van der Waals surface area (Å²) in [6.07, 6.45) is 3.42. The Bertz CT molecular complexity index is 1090. The summed E-state index contributed by atoms with van der Waals surface area (Å²) in [5, 5.41) is 3.03. The van der Waals surface area contributed by atoms with E-state index in [-0.39, 0.29) is 5.91 Å². The Labute approximate surface area is 192 Å². The molecule has 3 aromatic rings. The Morgan fingerprint density at radius 2 is 2.00 bits per heavy atom. The molecule has 4 rings (SSSR count). The molecular formula is C25H26N2O4S. The lowest BCUT2D eigenvalue weighted by atomic mass is 10.1. The van der Waals surface area contributed by atoms with Crippen molar-refractivity contribution in [1.82, 2.24) is 9.88 Å². The van der Waals surface area contributed by atoms with Gasteiger partial charge in [-0.15, -0.1) is 11.3 Å². The van der Waals surface area contributed by atoms with Crippen LogP contribution >= 0.6 is 11.3 Å². The van der Waals surface area contributed by atoms with Crippen molar-refractivity contribution < 1.29 is 19.0 Å². The maximum Gasteiger partial charge on any atom is 0.246 e. The topological polar surface area (TPSA) is 60.9 Å². The van der Waals surface area contributed by atoms with E-state index < -0.39 is 0 Å². The molecule has 1 aromatic heterocycles. The fourth-order valence-electron chi connectivity index (χ4n) is 3.39. The van der Waals surface area contributed by atoms with Gasteiger partial charge in [0.1, 0.15) is 25.6 Å². The number of carbonyl (C=O) groups is 1. The first kappa shape index (κ1) is 21.9. The number of thiazole rings is 1. The third kappa shape index (κ3) is 5.48. The monoisotopic (exact) mass is 450 g/mol. The second-order valence-electron chi connectivity index (χ2n) is 7.34. The average molecular weight is 451 g/mol. The first-order valence-corrected chi connectivity index (χ1v) is 11.5. The number of hydrogen-bond donors (Lipinski definition) is 0. The number of aryl methyl sites for hydroxylation is 1. The minimum atomic E-state index is -0.0546. The van der Waals surface area contributed by atoms with Crippen LogP contribution in [0.3, 0.4) is 0 Å². The van der Waals surface area contributed by atoms with Crippen molar-refractivity contribution in [1.29, 1.82) is 0 Å². The number of aromatic nitrogens is 1. The number of fused-ring (bicyclic) bond motifs is 1. The van der Waals surface area contributed by atoms with Gasteiger partial charge in [-0.2, -0.15) is 0 Å². The molecular weight excluding hydrogens is 424 g/mol. The third-order valence-corrected chi connectivity index (χ3v) is 5.88. The van der Waals surface area contributed by atoms with E-state index in [1.54, 1.807) is 22.3 Å². The molecule has 2 aromatic carbocycles. The average Bonchev–Trinajstić information content (AvgIpc) is 3.25. The molecule has 166 valence electrons. The molecule has 0 N–H and O–H groups in total. The Hall–Kier alpha value is -3.32. The molecule has 0 bridgehead atoms. The molecule has 2 heterocycles. The van der Waals surface area contributed by atoms with Gasteiger partial charge in [0, 0.05) is 30.1 Å². The second kappa shape index (κ2) is 10.3. The number of rotatable bonds is 8. The highest BCUT2D eigenvalue weighted by Gasteiger charge is 2.18. The van der Waals surface area contributed by atoms with Crippen LogP contribution in [0.4, 0.5) is 0 Å². The lowest BCUT2D eigenvalue weighted by Gasteiger charge is -2.24. The lowest BCUT2D eigenvalue weighted by Crippen LogP contribution is -2.29. The molecule has 0 aliphatic carbocycles. The van der Waals surface area contributed by atoms with Gasteiger partial charge in [0.15, 0.2) is 11.5 Å². The first-order valence-electron chi connectivity index (χ1n) is 10.6. The molecule has 1 amide bonds. The molecule has 1 aliphatic heterocycles. The molecule has 0 saturated heterocycles. The molecule has 6 nitrogen and oxygen atoms in total. The summed E-state index contributed by atoms with van der Waals surface area (Å²) in [6.45, 7) is 6.52. The highest BCUT2D eigenvalue weighted by atomic mass is 32.1. The van der Waals surface area contributed by atoms with Crippen LogP contribution in [0.2, 0.25) is 0 Å². The summed E-state index contributed by atoms with van der Waals surface area (Å²) in [7, 11) is 0. The Kier molecular flexibility index (Phi) is 7.07. The number of nitrogens with zero attached hydrogens (tertiary/aromatic N) is 2. The number of likely N-dealkylation sites (N-methyl/N-ethyl adjacent to an activating group) is 1. The van der Waals surface area contributed by atoms with Gasteiger partial charge in [-0.25, -0.2) is 4.98 Å². The van der Waals surface area contributed by atoms with Gasteiger partial charge in [0.2, 0.25) is 5.91 Å². The van der Waals surface area contributed by atoms with Crippen molar-refractivity contribution in [3.8, 4) is 17.2 Å². The Balaban J connectivity index is 1.35. The quantitative estimate of drug-likeness (QED) is 0.459. The molecule has 0 unspecified atom stereocenters. The third-order valence-electron chi connectivity index (χ3n) is 5.05. The minimum Gasteiger partial charge on any atom is -0.487 e. The number of amides is 1. The highest BCUT2D eigenvalue weighted by Crippen LogP contribution is 2.34. The van der Waals surface area contributed by atoms with Gasteiger partial charge < -0.3 is 19.1 Å². The number of para-hydroxylation sites is 1. The zero-order chi connectivity index (χ0) is 22.3. The number of ether oxygens (including phenoxy) is 3. The molecule has 0 radical (unpaired) electrons. The summed E-state index contributed by atoms with van der Waals surface area (Å²) in [6, 6.07) is 13.4. The lowest BCUT2D eigenvalue weighted by molar-refractivity contribution is -0.126. The van der Waals surface area contributed by atoms with Crippen LogP contribution in [0, 0.1) is 6.92 Å². The molecule has 7 heteroatoms. The van der Waals surface area contributed by atoms with Gasteiger partial charge in [-0.1, -0.05) is 24.3 Å². The van der Waals surface area contributed by atoms with Crippen molar-refractivity contribution in [2.75, 3.05) is 19.8 Å². The van der Waals surface area contributed by atoms with Gasteiger partial charge in [0.05, 0.1) is 10.7 Å². The zero-order valence-electron chi connectivity index (χ0n) is 18.2. The smallest absolute Gasteiger partial charge is 0.246 e. The summed E-state index contributed by atoms with van der Waals surface area (Å²) >= 11 is 1.61. The van der Waals surface area contributed by atoms with Gasteiger partial charge in [-0.05, 0) is 43.7 Å². The normalized spacial score (nSPS) is 12.7. The highest BCUT2D eigenvalue weighted by molar-refractivity contribution is 7.09. The second-order valence-corrected chi connectivity index (χ2v) is 8.40. The molecule has 0 fully saturated rings. The van der Waals surface area contributed by atoms with Gasteiger partial charge >= 0.3 is 0 Å². The van der Waals surface area contributed by atoms with E-state index in [4.69, 9.17) is 14.2 Å². The van der Waals surface area contributed by atoms with E-state index in [0.29, 0.717) is 32.9 Å². The summed E-state index contributed by atoms with van der Waals surface area (Å²) in [5.41, 5.74) is 2.81. The van der Waals surface area contributed by atoms with Crippen molar-refractivity contribution >= 4 is 23.3 Å². The standard InChI is InChI=1S/C25H26N2O4S/c1-3-27(15-20-5-4-6-23-25(20)30-14-13-29-23)24(28)12-9-19-7-10-22(11-8-19)31-16-21-17-32-18(2)26-21/h4-12,17H,3,13-16H2,1-2H3/b12-9+. The molecule has 32 heavy (non-hydrogen) atoms. The van der Waals surface area contributed by atoms with Crippen LogP contribution in [-0.2, 0) is 17.9 Å². The zero-order valence-corrected chi connectivity index (χ0v) is 19.1. The molecule has 0 spiro atoms. The molecule has 0 saturated carbocycles. The SMILES string of the molecule is CCN(Cc1cccc2c1OCCO2)C(=O)/C=C/c1ccc(OCc2csc(C)n2)cc1. The number of carbonyl (C=O) groups excluding carboxylic acids is 1. The van der Waals surface area contributed by atoms with Crippen LogP contribution in [0.1, 0.15) is 28.8 Å². The van der Waals surface area contributed by atoms with Crippen molar-refractivity contribution in [3.05, 3.63) is 75.7 Å². The summed E-state index contributed by atoms with van der Waals surface area (Å²) in [4.78, 5) is 19.0. The fraction of sp³-hybridized carbons (Fsp3) is 0.280. The largest absolute Gasteiger partial charge is 0.487 e. The van der Waals surface area contributed by atoms with E-state index in [9.17, 15) is 4.79 Å². The van der Waals surface area contributed by atoms with Crippen LogP contribution in [0.25, 0.3) is 6.08 Å². The van der Waals surface area contributed by atoms with E-state index in [2.05, 4.69) is 4.98 Å². The van der Waals surface area contributed by atoms with Crippen molar-refractivity contribution in [3.63, 3.8) is 0 Å². The van der Waals surface area contributed by atoms with Crippen molar-refractivity contribution in [2.24, 2.45) is 0 Å². The predicted molar refractivity (Wildman–Crippen MR) is 125 cm³/mol. The number of hydrogen-bond acceptors (Lipinski definition) is 6. The summed E-state index contributed by atoms with van der Waals surface area (Å²) < 4.78 is 17.2. The van der Waals surface area contributed by atoms with Crippen LogP contribution < -0.4 is 14.2 Å². The fourth-order valence-corrected chi connectivity index (χ4v) is 3.99. The van der Waals surface area contributed by atoms with E-state index >= 15 is 0 Å². The predicted octanol–water partition coefficient (Wildman–Crippen LogP) is 4.86. The van der Waals surface area contributed by atoms with E-state index in [1.165, 1.54) is 0 Å². The van der Waals surface area contributed by atoms with Gasteiger partial charge in [-0.3, -0.25) is 4.79 Å². The maximum atomic E-state index is 12.8. The van der Waals surface area contributed by atoms with Gasteiger partial charge in [0.25, 0.3) is 0 Å². The van der Waals surface area contributed by atoms with Crippen molar-refractivity contribution in [2.45, 2.75) is 27.0 Å². The van der Waals surface area contributed by atoms with Crippen LogP contribution in [0.15, 0.2) is 53.9 Å². The maximum absolute atomic E-state index is 12.8. The number of benzene rings is 2.